The molecular weight excluding hydrogens is 440 g/mol. The Balaban J connectivity index is 1.57. The smallest absolute Gasteiger partial charge is 0.184 e. The minimum absolute atomic E-state index is 0.412. The van der Waals surface area contributed by atoms with Gasteiger partial charge < -0.3 is 4.43 Å². The molecule has 2 fully saturated rings. The zero-order chi connectivity index (χ0) is 26.0. The lowest BCUT2D eigenvalue weighted by atomic mass is 9.45. The second kappa shape index (κ2) is 9.44. The average molecular weight is 499 g/mol. The lowest BCUT2D eigenvalue weighted by molar-refractivity contribution is -0.0344. The maximum atomic E-state index is 6.74. The Hall–Kier alpha value is -0.343. The Kier molecular flexibility index (Phi) is 7.47. The van der Waals surface area contributed by atoms with Gasteiger partial charge in [-0.3, -0.25) is 0 Å². The molecule has 2 saturated carbocycles. The molecule has 2 heteroatoms. The molecule has 4 aliphatic carbocycles. The summed E-state index contributed by atoms with van der Waals surface area (Å²) in [4.78, 5) is 0. The fraction of sp³-hybridized carbons (Fsp3) is 0.879. The summed E-state index contributed by atoms with van der Waals surface area (Å²) >= 11 is 0. The SMILES string of the molecule is C=C(CC[C@@H](C)[C@H]1CC[C@@]2(C)C3=C(CC[C@]12C)[C@@]1(C)CC[C@H](O[Si](C)(C)C)[C@@H](C)[C@@H]1CC3)C(C)C. The van der Waals surface area contributed by atoms with Gasteiger partial charge in [0.25, 0.3) is 0 Å². The summed E-state index contributed by atoms with van der Waals surface area (Å²) in [6.07, 6.45) is 14.0. The Labute approximate surface area is 220 Å². The Bertz CT molecular complexity index is 848. The third-order valence-electron chi connectivity index (χ3n) is 12.3. The minimum atomic E-state index is -1.50. The third-order valence-corrected chi connectivity index (χ3v) is 13.3. The molecule has 0 aliphatic heterocycles. The van der Waals surface area contributed by atoms with Crippen LogP contribution in [0.25, 0.3) is 0 Å². The molecule has 0 spiro atoms. The molecule has 0 aromatic heterocycles. The minimum Gasteiger partial charge on any atom is -0.414 e. The van der Waals surface area contributed by atoms with E-state index in [2.05, 4.69) is 74.7 Å². The van der Waals surface area contributed by atoms with Crippen molar-refractivity contribution in [2.75, 3.05) is 0 Å². The Morgan fingerprint density at radius 3 is 2.29 bits per heavy atom. The molecule has 200 valence electrons. The summed E-state index contributed by atoms with van der Waals surface area (Å²) in [5.74, 6) is 3.80. The van der Waals surface area contributed by atoms with Crippen LogP contribution in [0.5, 0.6) is 0 Å². The first-order valence-electron chi connectivity index (χ1n) is 15.2. The lowest BCUT2D eigenvalue weighted by Gasteiger charge is -2.60. The summed E-state index contributed by atoms with van der Waals surface area (Å²) in [5.41, 5.74) is 6.60. The lowest BCUT2D eigenvalue weighted by Crippen LogP contribution is -2.53. The maximum absolute atomic E-state index is 6.74. The first-order valence-corrected chi connectivity index (χ1v) is 18.6. The molecule has 35 heavy (non-hydrogen) atoms. The Morgan fingerprint density at radius 2 is 1.66 bits per heavy atom. The summed E-state index contributed by atoms with van der Waals surface area (Å²) in [7, 11) is -1.50. The topological polar surface area (TPSA) is 9.23 Å². The van der Waals surface area contributed by atoms with E-state index in [0.717, 1.165) is 17.8 Å². The van der Waals surface area contributed by atoms with Gasteiger partial charge in [-0.05, 0) is 130 Å². The van der Waals surface area contributed by atoms with E-state index >= 15 is 0 Å². The van der Waals surface area contributed by atoms with E-state index < -0.39 is 8.32 Å². The number of allylic oxidation sites excluding steroid dienone is 3. The van der Waals surface area contributed by atoms with Crippen molar-refractivity contribution in [1.29, 1.82) is 0 Å². The molecule has 0 aromatic carbocycles. The van der Waals surface area contributed by atoms with E-state index in [4.69, 9.17) is 4.43 Å². The van der Waals surface area contributed by atoms with E-state index in [1.54, 1.807) is 0 Å². The van der Waals surface area contributed by atoms with Crippen molar-refractivity contribution in [3.8, 4) is 0 Å². The van der Waals surface area contributed by atoms with Gasteiger partial charge in [0.15, 0.2) is 8.32 Å². The number of fused-ring (bicyclic) bond motifs is 4. The largest absolute Gasteiger partial charge is 0.414 e. The highest BCUT2D eigenvalue weighted by Gasteiger charge is 2.62. The molecule has 8 atom stereocenters. The van der Waals surface area contributed by atoms with E-state index in [9.17, 15) is 0 Å². The number of rotatable bonds is 7. The van der Waals surface area contributed by atoms with Gasteiger partial charge in [-0.2, -0.15) is 0 Å². The molecule has 4 rings (SSSR count). The summed E-state index contributed by atoms with van der Waals surface area (Å²) < 4.78 is 6.74. The predicted molar refractivity (Wildman–Crippen MR) is 155 cm³/mol. The highest BCUT2D eigenvalue weighted by Crippen LogP contribution is 2.71. The molecule has 0 unspecified atom stereocenters. The van der Waals surface area contributed by atoms with E-state index in [1.807, 2.05) is 11.1 Å². The monoisotopic (exact) mass is 498 g/mol. The summed E-state index contributed by atoms with van der Waals surface area (Å²) in [6, 6.07) is 0. The maximum Gasteiger partial charge on any atom is 0.184 e. The first kappa shape index (κ1) is 27.7. The van der Waals surface area contributed by atoms with Gasteiger partial charge in [0.2, 0.25) is 0 Å². The molecule has 0 heterocycles. The quantitative estimate of drug-likeness (QED) is 0.250. The van der Waals surface area contributed by atoms with Crippen molar-refractivity contribution < 1.29 is 4.43 Å². The van der Waals surface area contributed by atoms with Crippen LogP contribution in [-0.2, 0) is 4.43 Å². The van der Waals surface area contributed by atoms with Crippen LogP contribution in [0, 0.1) is 45.8 Å². The van der Waals surface area contributed by atoms with Crippen LogP contribution >= 0.6 is 0 Å². The molecular formula is C33H58OSi. The summed E-state index contributed by atoms with van der Waals surface area (Å²) in [5, 5.41) is 0. The Morgan fingerprint density at radius 1 is 0.971 bits per heavy atom. The van der Waals surface area contributed by atoms with Gasteiger partial charge in [0.1, 0.15) is 0 Å². The number of hydrogen-bond donors (Lipinski definition) is 0. The zero-order valence-corrected chi connectivity index (χ0v) is 26.2. The average Bonchev–Trinajstić information content (AvgIpc) is 3.04. The molecule has 0 bridgehead atoms. The van der Waals surface area contributed by atoms with E-state index in [0.29, 0.717) is 34.2 Å². The van der Waals surface area contributed by atoms with Crippen molar-refractivity contribution in [1.82, 2.24) is 0 Å². The van der Waals surface area contributed by atoms with Gasteiger partial charge >= 0.3 is 0 Å². The molecule has 0 radical (unpaired) electrons. The van der Waals surface area contributed by atoms with Crippen LogP contribution in [0.2, 0.25) is 19.6 Å². The molecule has 1 nitrogen and oxygen atoms in total. The molecule has 0 N–H and O–H groups in total. The van der Waals surface area contributed by atoms with Crippen molar-refractivity contribution in [2.24, 2.45) is 45.8 Å². The van der Waals surface area contributed by atoms with Crippen LogP contribution in [0.1, 0.15) is 113 Å². The van der Waals surface area contributed by atoms with Crippen molar-refractivity contribution in [2.45, 2.75) is 138 Å². The third kappa shape index (κ3) is 4.60. The molecule has 0 amide bonds. The van der Waals surface area contributed by atoms with E-state index in [-0.39, 0.29) is 0 Å². The zero-order valence-electron chi connectivity index (χ0n) is 25.2. The van der Waals surface area contributed by atoms with Gasteiger partial charge in [-0.1, -0.05) is 71.8 Å². The molecule has 0 aromatic rings. The van der Waals surface area contributed by atoms with Crippen LogP contribution in [-0.4, -0.2) is 14.4 Å². The van der Waals surface area contributed by atoms with Gasteiger partial charge in [-0.25, -0.2) is 0 Å². The highest BCUT2D eigenvalue weighted by atomic mass is 28.4. The van der Waals surface area contributed by atoms with Crippen LogP contribution in [0.3, 0.4) is 0 Å². The van der Waals surface area contributed by atoms with Gasteiger partial charge in [0, 0.05) is 6.10 Å². The molecule has 0 saturated heterocycles. The first-order chi connectivity index (χ1) is 16.1. The van der Waals surface area contributed by atoms with Crippen molar-refractivity contribution in [3.05, 3.63) is 23.3 Å². The van der Waals surface area contributed by atoms with Crippen LogP contribution in [0.4, 0.5) is 0 Å². The van der Waals surface area contributed by atoms with Gasteiger partial charge in [0.05, 0.1) is 0 Å². The highest BCUT2D eigenvalue weighted by molar-refractivity contribution is 6.69. The fourth-order valence-electron chi connectivity index (χ4n) is 9.76. The van der Waals surface area contributed by atoms with Crippen molar-refractivity contribution in [3.63, 3.8) is 0 Å². The van der Waals surface area contributed by atoms with Gasteiger partial charge in [-0.15, -0.1) is 0 Å². The predicted octanol–water partition coefficient (Wildman–Crippen LogP) is 10.2. The second-order valence-electron chi connectivity index (χ2n) is 15.4. The normalized spacial score (nSPS) is 42.5. The second-order valence-corrected chi connectivity index (χ2v) is 19.9. The standard InChI is InChI=1S/C33H58OSi/c1-22(2)23(3)12-13-24(4)26-16-20-33(8)29-15-14-27-25(5)30(34-35(9,10)11)18-19-31(27,6)28(29)17-21-32(26,33)7/h22,24-27,30H,3,12-21H2,1-2,4-11H3/t24-,25+,26-,27+,30+,31+,32-,33+/m1/s1. The van der Waals surface area contributed by atoms with Crippen LogP contribution < -0.4 is 0 Å². The van der Waals surface area contributed by atoms with E-state index in [1.165, 1.54) is 69.8 Å². The fourth-order valence-corrected chi connectivity index (χ4v) is 11.0. The number of hydrogen-bond acceptors (Lipinski definition) is 1. The van der Waals surface area contributed by atoms with Crippen molar-refractivity contribution >= 4 is 8.32 Å². The summed E-state index contributed by atoms with van der Waals surface area (Å²) in [6.45, 7) is 29.3. The molecule has 4 aliphatic rings. The van der Waals surface area contributed by atoms with Crippen LogP contribution in [0.15, 0.2) is 23.3 Å².